The molecule has 14 heteroatoms. The topological polar surface area (TPSA) is 165 Å². The molecule has 242 valence electrons. The van der Waals surface area contributed by atoms with E-state index in [1.807, 2.05) is 32.0 Å². The molecule has 47 heavy (non-hydrogen) atoms. The fourth-order valence-electron chi connectivity index (χ4n) is 5.51. The Morgan fingerprint density at radius 3 is 2.45 bits per heavy atom. The van der Waals surface area contributed by atoms with E-state index in [-0.39, 0.29) is 40.3 Å². The summed E-state index contributed by atoms with van der Waals surface area (Å²) in [6.45, 7) is 2.66. The van der Waals surface area contributed by atoms with Crippen molar-refractivity contribution in [2.45, 2.75) is 18.2 Å². The monoisotopic (exact) mass is 654 g/mol. The molecule has 0 saturated heterocycles. The number of anilines is 5. The summed E-state index contributed by atoms with van der Waals surface area (Å²) in [7, 11) is 1.15. The van der Waals surface area contributed by atoms with Crippen LogP contribution in [0.3, 0.4) is 0 Å². The highest BCUT2D eigenvalue weighted by atomic mass is 32.2. The molecule has 0 bridgehead atoms. The molecule has 2 amide bonds. The first-order chi connectivity index (χ1) is 22.5. The van der Waals surface area contributed by atoms with E-state index in [1.165, 1.54) is 25.4 Å². The highest BCUT2D eigenvalue weighted by Crippen LogP contribution is 2.39. The van der Waals surface area contributed by atoms with E-state index in [0.717, 1.165) is 20.8 Å². The number of nitrogens with zero attached hydrogens (tertiary/aromatic N) is 5. The van der Waals surface area contributed by atoms with Gasteiger partial charge < -0.3 is 30.9 Å². The maximum atomic E-state index is 13.8. The third kappa shape index (κ3) is 6.07. The molecule has 0 fully saturated rings. The van der Waals surface area contributed by atoms with Crippen molar-refractivity contribution in [3.05, 3.63) is 89.6 Å². The summed E-state index contributed by atoms with van der Waals surface area (Å²) in [5.74, 6) is 0.0735. The van der Waals surface area contributed by atoms with Gasteiger partial charge in [0.15, 0.2) is 5.65 Å². The standard InChI is InChI=1S/C33H34N8O5S/c1-20-9-11-22(12-10-20)47(44,45)41-16-14-24-31(35-25-8-6-5-7-23(25)30(34)43)37-33(38-32(24)41)36-26-18-27-21(17-28(26)46-4)13-15-40(27)29(42)19-39(2)3/h5-12,14,16-18H,13,15,19H2,1-4H3,(H2,34,43)(H2,35,36,37,38). The summed E-state index contributed by atoms with van der Waals surface area (Å²) in [6, 6.07) is 18.5. The zero-order valence-electron chi connectivity index (χ0n) is 26.3. The molecular formula is C33H34N8O5S. The minimum absolute atomic E-state index is 0.0398. The van der Waals surface area contributed by atoms with Gasteiger partial charge in [0.2, 0.25) is 11.9 Å². The van der Waals surface area contributed by atoms with Gasteiger partial charge in [-0.15, -0.1) is 0 Å². The molecule has 0 radical (unpaired) electrons. The van der Waals surface area contributed by atoms with Gasteiger partial charge in [-0.1, -0.05) is 29.8 Å². The molecule has 0 saturated carbocycles. The molecule has 13 nitrogen and oxygen atoms in total. The number of hydrogen-bond donors (Lipinski definition) is 3. The Labute approximate surface area is 272 Å². The largest absolute Gasteiger partial charge is 0.495 e. The van der Waals surface area contributed by atoms with Crippen molar-refractivity contribution in [1.82, 2.24) is 18.8 Å². The molecular weight excluding hydrogens is 620 g/mol. The van der Waals surface area contributed by atoms with Gasteiger partial charge in [0.1, 0.15) is 11.6 Å². The Bertz CT molecular complexity index is 2130. The van der Waals surface area contributed by atoms with Gasteiger partial charge in [-0.25, -0.2) is 12.4 Å². The number of likely N-dealkylation sites (N-methyl/N-ethyl adjacent to an activating group) is 1. The number of methoxy groups -OCH3 is 1. The second-order valence-electron chi connectivity index (χ2n) is 11.4. The number of hydrogen-bond acceptors (Lipinski definition) is 10. The lowest BCUT2D eigenvalue weighted by Crippen LogP contribution is -2.36. The van der Waals surface area contributed by atoms with E-state index in [1.54, 1.807) is 53.4 Å². The number of fused-ring (bicyclic) bond motifs is 2. The van der Waals surface area contributed by atoms with Gasteiger partial charge in [-0.05, 0) is 75.5 Å². The van der Waals surface area contributed by atoms with Crippen LogP contribution in [0.25, 0.3) is 11.0 Å². The van der Waals surface area contributed by atoms with Gasteiger partial charge in [0, 0.05) is 18.4 Å². The average molecular weight is 655 g/mol. The van der Waals surface area contributed by atoms with E-state index in [9.17, 15) is 18.0 Å². The zero-order valence-corrected chi connectivity index (χ0v) is 27.1. The van der Waals surface area contributed by atoms with E-state index < -0.39 is 15.9 Å². The summed E-state index contributed by atoms with van der Waals surface area (Å²) in [4.78, 5) is 38.2. The molecule has 0 atom stereocenters. The molecule has 3 heterocycles. The number of nitrogens with two attached hydrogens (primary N) is 1. The van der Waals surface area contributed by atoms with E-state index in [0.29, 0.717) is 35.5 Å². The Morgan fingerprint density at radius 1 is 1.00 bits per heavy atom. The van der Waals surface area contributed by atoms with Crippen LogP contribution in [0.1, 0.15) is 21.5 Å². The second-order valence-corrected chi connectivity index (χ2v) is 13.3. The summed E-state index contributed by atoms with van der Waals surface area (Å²) < 4.78 is 34.5. The van der Waals surface area contributed by atoms with E-state index in [2.05, 4.69) is 15.6 Å². The minimum atomic E-state index is -4.06. The highest BCUT2D eigenvalue weighted by molar-refractivity contribution is 7.90. The Morgan fingerprint density at radius 2 is 1.74 bits per heavy atom. The first-order valence-corrected chi connectivity index (χ1v) is 16.2. The Hall–Kier alpha value is -5.47. The van der Waals surface area contributed by atoms with Gasteiger partial charge in [0.25, 0.3) is 15.9 Å². The van der Waals surface area contributed by atoms with Crippen molar-refractivity contribution in [2.24, 2.45) is 5.73 Å². The number of para-hydroxylation sites is 1. The van der Waals surface area contributed by atoms with Crippen LogP contribution in [0, 0.1) is 6.92 Å². The number of primary amides is 1. The molecule has 3 aromatic carbocycles. The SMILES string of the molecule is COc1cc2c(cc1Nc1nc(Nc3ccccc3C(N)=O)c3ccn(S(=O)(=O)c4ccc(C)cc4)c3n1)N(C(=O)CN(C)C)CC2. The van der Waals surface area contributed by atoms with Crippen molar-refractivity contribution in [2.75, 3.05) is 49.8 Å². The molecule has 2 aromatic heterocycles. The van der Waals surface area contributed by atoms with Crippen molar-refractivity contribution in [3.63, 3.8) is 0 Å². The number of aromatic nitrogens is 3. The summed E-state index contributed by atoms with van der Waals surface area (Å²) in [5.41, 5.74) is 9.41. The predicted molar refractivity (Wildman–Crippen MR) is 180 cm³/mol. The summed E-state index contributed by atoms with van der Waals surface area (Å²) in [6.07, 6.45) is 2.08. The molecule has 5 aromatic rings. The van der Waals surface area contributed by atoms with Crippen LogP contribution in [-0.4, -0.2) is 73.4 Å². The third-order valence-corrected chi connectivity index (χ3v) is 9.51. The first-order valence-electron chi connectivity index (χ1n) is 14.8. The molecule has 4 N–H and O–H groups in total. The van der Waals surface area contributed by atoms with Crippen LogP contribution in [0.15, 0.2) is 77.8 Å². The highest BCUT2D eigenvalue weighted by Gasteiger charge is 2.28. The van der Waals surface area contributed by atoms with Crippen LogP contribution < -0.4 is 26.0 Å². The summed E-state index contributed by atoms with van der Waals surface area (Å²) >= 11 is 0. The number of benzene rings is 3. The van der Waals surface area contributed by atoms with Crippen molar-refractivity contribution in [3.8, 4) is 5.75 Å². The van der Waals surface area contributed by atoms with Gasteiger partial charge in [-0.2, -0.15) is 9.97 Å². The third-order valence-electron chi connectivity index (χ3n) is 7.83. The van der Waals surface area contributed by atoms with Crippen molar-refractivity contribution in [1.29, 1.82) is 0 Å². The lowest BCUT2D eigenvalue weighted by Gasteiger charge is -2.21. The van der Waals surface area contributed by atoms with Crippen LogP contribution in [0.4, 0.5) is 28.8 Å². The maximum Gasteiger partial charge on any atom is 0.269 e. The maximum absolute atomic E-state index is 13.8. The lowest BCUT2D eigenvalue weighted by atomic mass is 10.1. The first kappa shape index (κ1) is 31.5. The Balaban J connectivity index is 1.49. The number of rotatable bonds is 10. The number of carbonyl (C=O) groups excluding carboxylic acids is 2. The second kappa shape index (κ2) is 12.4. The normalized spacial score (nSPS) is 12.7. The van der Waals surface area contributed by atoms with Crippen LogP contribution in [0.2, 0.25) is 0 Å². The van der Waals surface area contributed by atoms with Gasteiger partial charge >= 0.3 is 0 Å². The van der Waals surface area contributed by atoms with E-state index >= 15 is 0 Å². The molecule has 0 aliphatic carbocycles. The van der Waals surface area contributed by atoms with E-state index in [4.69, 9.17) is 15.5 Å². The quantitative estimate of drug-likeness (QED) is 0.200. The van der Waals surface area contributed by atoms with Gasteiger partial charge in [0.05, 0.1) is 40.9 Å². The molecule has 0 unspecified atom stereocenters. The lowest BCUT2D eigenvalue weighted by molar-refractivity contribution is -0.119. The molecule has 6 rings (SSSR count). The van der Waals surface area contributed by atoms with Gasteiger partial charge in [-0.3, -0.25) is 9.59 Å². The fourth-order valence-corrected chi connectivity index (χ4v) is 6.81. The van der Waals surface area contributed by atoms with Crippen molar-refractivity contribution < 1.29 is 22.7 Å². The minimum Gasteiger partial charge on any atom is -0.495 e. The number of amides is 2. The molecule has 0 spiro atoms. The van der Waals surface area contributed by atoms with Crippen LogP contribution >= 0.6 is 0 Å². The Kier molecular flexibility index (Phi) is 8.30. The molecule has 1 aliphatic heterocycles. The number of aryl methyl sites for hydroxylation is 1. The number of nitrogens with one attached hydrogen (secondary N) is 2. The smallest absolute Gasteiger partial charge is 0.269 e. The fraction of sp³-hybridized carbons (Fsp3) is 0.212. The average Bonchev–Trinajstić information content (AvgIpc) is 3.65. The van der Waals surface area contributed by atoms with Crippen LogP contribution in [-0.2, 0) is 21.2 Å². The number of carbonyl (C=O) groups is 2. The number of ether oxygens (including phenoxy) is 1. The predicted octanol–water partition coefficient (Wildman–Crippen LogP) is 4.02. The van der Waals surface area contributed by atoms with Crippen molar-refractivity contribution >= 4 is 61.7 Å². The van der Waals surface area contributed by atoms with Crippen LogP contribution in [0.5, 0.6) is 5.75 Å². The summed E-state index contributed by atoms with van der Waals surface area (Å²) in [5, 5.41) is 6.73. The zero-order chi connectivity index (χ0) is 33.5. The molecule has 1 aliphatic rings.